The first kappa shape index (κ1) is 31.3. The molecule has 39 heavy (non-hydrogen) atoms. The molecule has 0 atom stereocenters. The Bertz CT molecular complexity index is 1080. The monoisotopic (exact) mass is 575 g/mol. The van der Waals surface area contributed by atoms with Crippen molar-refractivity contribution in [1.82, 2.24) is 5.32 Å². The van der Waals surface area contributed by atoms with Crippen molar-refractivity contribution in [1.29, 1.82) is 0 Å². The van der Waals surface area contributed by atoms with E-state index in [-0.39, 0.29) is 34.7 Å². The van der Waals surface area contributed by atoms with E-state index in [9.17, 15) is 15.3 Å². The van der Waals surface area contributed by atoms with Gasteiger partial charge in [0, 0.05) is 30.4 Å². The summed E-state index contributed by atoms with van der Waals surface area (Å²) in [7, 11) is 0. The number of aliphatic imine (C=N–C) groups is 1. The molecule has 213 valence electrons. The minimum atomic E-state index is -0.0117. The van der Waals surface area contributed by atoms with Gasteiger partial charge in [-0.15, -0.1) is 0 Å². The third-order valence-electron chi connectivity index (χ3n) is 8.44. The second-order valence-electron chi connectivity index (χ2n) is 12.4. The van der Waals surface area contributed by atoms with Crippen LogP contribution >= 0.6 is 0 Å². The summed E-state index contributed by atoms with van der Waals surface area (Å²) in [4.78, 5) is 4.15. The van der Waals surface area contributed by atoms with Gasteiger partial charge in [-0.3, -0.25) is 4.99 Å². The zero-order valence-corrected chi connectivity index (χ0v) is 24.8. The van der Waals surface area contributed by atoms with Crippen LogP contribution in [0.5, 0.6) is 17.2 Å². The van der Waals surface area contributed by atoms with Crippen LogP contribution in [0.1, 0.15) is 76.0 Å². The van der Waals surface area contributed by atoms with Gasteiger partial charge in [-0.25, -0.2) is 0 Å². The van der Waals surface area contributed by atoms with Gasteiger partial charge in [-0.2, -0.15) is 0 Å². The van der Waals surface area contributed by atoms with Crippen LogP contribution < -0.4 is 5.32 Å². The first-order valence-electron chi connectivity index (χ1n) is 14.0. The molecule has 4 fully saturated rings. The number of hydrogen-bond donors (Lipinski definition) is 5. The standard InChI is InChI=1S/C20H28O2.C11H16N2O2.O.V/c1-19(2,3)15-7-16(18(22)17(21)8-15)20-9-12-4-13(10-20)6-14(5-12)11-20;14-8-7-12-5-6-13-9-10-3-1-2-4-11(10)15;;/h7-8,12-14,21-22H,4-6,9-11H2,1-3H3;1-4,9,12,14-15H,5-8H2;;. The summed E-state index contributed by atoms with van der Waals surface area (Å²) in [5.41, 5.74) is 3.00. The molecule has 4 aliphatic carbocycles. The molecule has 0 amide bonds. The first-order valence-corrected chi connectivity index (χ1v) is 14.5. The van der Waals surface area contributed by atoms with E-state index in [2.05, 4.69) is 37.1 Å². The number of rotatable bonds is 7. The molecule has 5 N–H and O–H groups in total. The van der Waals surface area contributed by atoms with Crippen molar-refractivity contribution in [3.8, 4) is 17.2 Å². The Kier molecular flexibility index (Phi) is 11.2. The number of aliphatic hydroxyl groups is 1. The van der Waals surface area contributed by atoms with E-state index in [1.54, 1.807) is 30.5 Å². The van der Waals surface area contributed by atoms with Crippen molar-refractivity contribution >= 4 is 6.21 Å². The molecule has 0 radical (unpaired) electrons. The van der Waals surface area contributed by atoms with E-state index in [0.29, 0.717) is 13.1 Å². The maximum atomic E-state index is 10.6. The quantitative estimate of drug-likeness (QED) is 0.177. The van der Waals surface area contributed by atoms with Gasteiger partial charge in [-0.05, 0) is 90.9 Å². The van der Waals surface area contributed by atoms with Crippen LogP contribution in [0.4, 0.5) is 0 Å². The Morgan fingerprint density at radius 3 is 2.08 bits per heavy atom. The number of aliphatic hydroxyl groups excluding tert-OH is 1. The summed E-state index contributed by atoms with van der Waals surface area (Å²) in [6.45, 7) is 8.60. The molecule has 0 heterocycles. The number of benzene rings is 2. The van der Waals surface area contributed by atoms with Gasteiger partial charge < -0.3 is 25.7 Å². The molecule has 0 saturated heterocycles. The van der Waals surface area contributed by atoms with Crippen LogP contribution in [0.25, 0.3) is 0 Å². The zero-order chi connectivity index (χ0) is 28.6. The molecular weight excluding hydrogens is 531 g/mol. The SMILES string of the molecule is CC(C)(C)c1cc(O)c(O)c(C23CC4CC(CC(C4)C2)C3)c1.OCCNCCN=Cc1ccccc1O.[O]=[V]. The van der Waals surface area contributed by atoms with Crippen molar-refractivity contribution < 1.29 is 41.5 Å². The number of phenols is 3. The predicted octanol–water partition coefficient (Wildman–Crippen LogP) is 5.13. The number of phenolic OH excluding ortho intramolecular Hbond substituents is 3. The molecule has 2 aromatic rings. The number of aromatic hydroxyl groups is 3. The van der Waals surface area contributed by atoms with Crippen LogP contribution in [0, 0.1) is 17.8 Å². The molecule has 4 saturated carbocycles. The molecule has 4 bridgehead atoms. The fourth-order valence-corrected chi connectivity index (χ4v) is 7.00. The number of para-hydroxylation sites is 1. The van der Waals surface area contributed by atoms with Crippen molar-refractivity contribution in [3.05, 3.63) is 53.1 Å². The Morgan fingerprint density at radius 1 is 0.949 bits per heavy atom. The van der Waals surface area contributed by atoms with Crippen LogP contribution in [0.3, 0.4) is 0 Å². The van der Waals surface area contributed by atoms with Gasteiger partial charge in [0.05, 0.1) is 13.2 Å². The van der Waals surface area contributed by atoms with Gasteiger partial charge >= 0.3 is 21.0 Å². The third kappa shape index (κ3) is 7.94. The summed E-state index contributed by atoms with van der Waals surface area (Å²) < 4.78 is 8.19. The fourth-order valence-electron chi connectivity index (χ4n) is 7.00. The van der Waals surface area contributed by atoms with Gasteiger partial charge in [0.15, 0.2) is 11.5 Å². The first-order chi connectivity index (χ1) is 18.6. The number of hydrogen-bond acceptors (Lipinski definition) is 7. The molecular formula is C31H44N2O5V. The minimum absolute atomic E-state index is 0.0117. The Hall–Kier alpha value is -2.19. The average Bonchev–Trinajstić information content (AvgIpc) is 2.89. The van der Waals surface area contributed by atoms with Gasteiger partial charge in [-0.1, -0.05) is 39.0 Å². The second-order valence-corrected chi connectivity index (χ2v) is 12.4. The molecule has 0 aromatic heterocycles. The summed E-state index contributed by atoms with van der Waals surface area (Å²) in [5, 5.41) is 41.8. The summed E-state index contributed by atoms with van der Waals surface area (Å²) in [6.07, 6.45) is 9.45. The Balaban J connectivity index is 0.000000218. The number of nitrogens with zero attached hydrogens (tertiary/aromatic N) is 1. The van der Waals surface area contributed by atoms with Crippen LogP contribution in [0.2, 0.25) is 0 Å². The van der Waals surface area contributed by atoms with Crippen LogP contribution in [-0.2, 0) is 31.9 Å². The summed E-state index contributed by atoms with van der Waals surface area (Å²) in [5.74, 6) is 2.97. The molecule has 7 nitrogen and oxygen atoms in total. The Labute approximate surface area is 242 Å². The van der Waals surface area contributed by atoms with Crippen molar-refractivity contribution in [3.63, 3.8) is 0 Å². The van der Waals surface area contributed by atoms with Gasteiger partial charge in [0.1, 0.15) is 5.75 Å². The zero-order valence-electron chi connectivity index (χ0n) is 23.4. The van der Waals surface area contributed by atoms with Crippen molar-refractivity contribution in [2.24, 2.45) is 22.7 Å². The molecule has 0 unspecified atom stereocenters. The van der Waals surface area contributed by atoms with E-state index >= 15 is 0 Å². The van der Waals surface area contributed by atoms with E-state index in [1.165, 1.54) is 38.5 Å². The average molecular weight is 576 g/mol. The predicted molar refractivity (Wildman–Crippen MR) is 150 cm³/mol. The van der Waals surface area contributed by atoms with Gasteiger partial charge in [0.2, 0.25) is 0 Å². The second kappa shape index (κ2) is 13.9. The van der Waals surface area contributed by atoms with E-state index in [1.807, 2.05) is 6.07 Å². The maximum absolute atomic E-state index is 10.6. The van der Waals surface area contributed by atoms with Crippen LogP contribution in [-0.4, -0.2) is 52.9 Å². The topological polar surface area (TPSA) is 122 Å². The fraction of sp³-hybridized carbons (Fsp3) is 0.581. The molecule has 8 heteroatoms. The van der Waals surface area contributed by atoms with Crippen LogP contribution in [0.15, 0.2) is 41.4 Å². The van der Waals surface area contributed by atoms with E-state index in [0.717, 1.165) is 58.4 Å². The van der Waals surface area contributed by atoms with E-state index < -0.39 is 0 Å². The Morgan fingerprint density at radius 2 is 1.54 bits per heavy atom. The molecule has 0 spiro atoms. The number of nitrogens with one attached hydrogen (secondary N) is 1. The third-order valence-corrected chi connectivity index (χ3v) is 8.44. The van der Waals surface area contributed by atoms with Gasteiger partial charge in [0.25, 0.3) is 0 Å². The summed E-state index contributed by atoms with van der Waals surface area (Å²) in [6, 6.07) is 11.0. The van der Waals surface area contributed by atoms with Crippen molar-refractivity contribution in [2.75, 3.05) is 26.2 Å². The van der Waals surface area contributed by atoms with Crippen molar-refractivity contribution in [2.45, 2.75) is 70.1 Å². The normalized spacial score (nSPS) is 25.1. The van der Waals surface area contributed by atoms with E-state index in [4.69, 9.17) is 8.78 Å². The molecule has 2 aromatic carbocycles. The molecule has 0 aliphatic heterocycles. The summed E-state index contributed by atoms with van der Waals surface area (Å²) >= 11 is 1.06. The molecule has 4 aliphatic rings. The molecule has 6 rings (SSSR count).